The number of rotatable bonds is 3. The molecule has 5 heteroatoms. The van der Waals surface area contributed by atoms with Crippen LogP contribution >= 0.6 is 0 Å². The third-order valence-electron chi connectivity index (χ3n) is 4.19. The Kier molecular flexibility index (Phi) is 3.76. The maximum Gasteiger partial charge on any atom is 0.250 e. The fourth-order valence-electron chi connectivity index (χ4n) is 2.94. The second-order valence-electron chi connectivity index (χ2n) is 5.59. The molecule has 1 atom stereocenters. The van der Waals surface area contributed by atoms with Crippen LogP contribution in [0.25, 0.3) is 0 Å². The van der Waals surface area contributed by atoms with Crippen LogP contribution in [0.5, 0.6) is 0 Å². The van der Waals surface area contributed by atoms with E-state index in [-0.39, 0.29) is 5.91 Å². The summed E-state index contributed by atoms with van der Waals surface area (Å²) in [6.07, 6.45) is 7.68. The lowest BCUT2D eigenvalue weighted by molar-refractivity contribution is -0.118. The summed E-state index contributed by atoms with van der Waals surface area (Å²) < 4.78 is 7.64. The van der Waals surface area contributed by atoms with Gasteiger partial charge in [-0.05, 0) is 32.1 Å². The molecule has 3 heterocycles. The first-order valence-electron chi connectivity index (χ1n) is 7.35. The summed E-state index contributed by atoms with van der Waals surface area (Å²) in [5.41, 5.74) is 0.813. The van der Waals surface area contributed by atoms with Crippen molar-refractivity contribution in [3.05, 3.63) is 29.6 Å². The zero-order valence-electron chi connectivity index (χ0n) is 11.9. The predicted octanol–water partition coefficient (Wildman–Crippen LogP) is 1.65. The quantitative estimate of drug-likeness (QED) is 0.912. The third-order valence-corrected chi connectivity index (χ3v) is 4.19. The molecule has 0 fully saturated rings. The van der Waals surface area contributed by atoms with E-state index >= 15 is 0 Å². The smallest absolute Gasteiger partial charge is 0.250 e. The van der Waals surface area contributed by atoms with Gasteiger partial charge in [-0.2, -0.15) is 0 Å². The van der Waals surface area contributed by atoms with Crippen molar-refractivity contribution < 1.29 is 9.53 Å². The van der Waals surface area contributed by atoms with Crippen molar-refractivity contribution >= 4 is 5.91 Å². The van der Waals surface area contributed by atoms with Gasteiger partial charge < -0.3 is 14.6 Å². The van der Waals surface area contributed by atoms with Crippen molar-refractivity contribution in [2.45, 2.75) is 39.2 Å². The lowest BCUT2D eigenvalue weighted by atomic mass is 9.97. The van der Waals surface area contributed by atoms with Crippen LogP contribution in [0.4, 0.5) is 0 Å². The zero-order valence-corrected chi connectivity index (χ0v) is 11.9. The summed E-state index contributed by atoms with van der Waals surface area (Å²) in [6, 6.07) is 0. The van der Waals surface area contributed by atoms with Crippen molar-refractivity contribution in [2.24, 2.45) is 5.92 Å². The summed E-state index contributed by atoms with van der Waals surface area (Å²) in [5.74, 6) is 2.44. The van der Waals surface area contributed by atoms with Gasteiger partial charge in [-0.25, -0.2) is 4.98 Å². The highest BCUT2D eigenvalue weighted by Gasteiger charge is 2.22. The van der Waals surface area contributed by atoms with Gasteiger partial charge in [0.05, 0.1) is 12.2 Å². The Bertz CT molecular complexity index is 533. The highest BCUT2D eigenvalue weighted by atomic mass is 16.5. The maximum atomic E-state index is 12.2. The van der Waals surface area contributed by atoms with E-state index < -0.39 is 0 Å². The Balaban J connectivity index is 1.54. The fraction of sp³-hybridized carbons (Fsp3) is 0.600. The van der Waals surface area contributed by atoms with Crippen LogP contribution in [-0.2, 0) is 22.5 Å². The van der Waals surface area contributed by atoms with Crippen LogP contribution in [0.3, 0.4) is 0 Å². The number of allylic oxidation sites excluding steroid dienone is 1. The first-order chi connectivity index (χ1) is 9.74. The SMILES string of the molecule is CC1=C(C(=O)NC[C@H]2CCn3ccnc3C2)CCCO1. The second kappa shape index (κ2) is 5.69. The van der Waals surface area contributed by atoms with E-state index in [1.165, 1.54) is 0 Å². The molecule has 1 aromatic rings. The van der Waals surface area contributed by atoms with E-state index in [0.717, 1.165) is 62.5 Å². The van der Waals surface area contributed by atoms with Crippen LogP contribution in [0.2, 0.25) is 0 Å². The van der Waals surface area contributed by atoms with E-state index in [0.29, 0.717) is 5.92 Å². The Morgan fingerprint density at radius 2 is 2.50 bits per heavy atom. The number of hydrogen-bond acceptors (Lipinski definition) is 3. The van der Waals surface area contributed by atoms with E-state index in [9.17, 15) is 4.79 Å². The lowest BCUT2D eigenvalue weighted by Crippen LogP contribution is -2.34. The van der Waals surface area contributed by atoms with Crippen molar-refractivity contribution in [3.8, 4) is 0 Å². The molecule has 0 aromatic carbocycles. The van der Waals surface area contributed by atoms with Crippen LogP contribution in [-0.4, -0.2) is 28.6 Å². The molecule has 2 aliphatic rings. The van der Waals surface area contributed by atoms with Gasteiger partial charge in [-0.1, -0.05) is 0 Å². The van der Waals surface area contributed by atoms with Gasteiger partial charge in [0.1, 0.15) is 11.6 Å². The highest BCUT2D eigenvalue weighted by Crippen LogP contribution is 2.20. The van der Waals surface area contributed by atoms with Gasteiger partial charge in [-0.15, -0.1) is 0 Å². The van der Waals surface area contributed by atoms with Crippen molar-refractivity contribution in [1.82, 2.24) is 14.9 Å². The molecule has 0 radical (unpaired) electrons. The predicted molar refractivity (Wildman–Crippen MR) is 74.9 cm³/mol. The maximum absolute atomic E-state index is 12.2. The number of imidazole rings is 1. The van der Waals surface area contributed by atoms with Crippen LogP contribution < -0.4 is 5.32 Å². The number of nitrogens with zero attached hydrogens (tertiary/aromatic N) is 2. The van der Waals surface area contributed by atoms with Gasteiger partial charge in [0, 0.05) is 31.9 Å². The largest absolute Gasteiger partial charge is 0.498 e. The van der Waals surface area contributed by atoms with E-state index in [1.54, 1.807) is 0 Å². The summed E-state index contributed by atoms with van der Waals surface area (Å²) in [6.45, 7) is 4.34. The number of carbonyl (C=O) groups excluding carboxylic acids is 1. The molecule has 3 rings (SSSR count). The number of ether oxygens (including phenoxy) is 1. The molecule has 0 saturated heterocycles. The molecule has 0 bridgehead atoms. The molecule has 0 aliphatic carbocycles. The fourth-order valence-corrected chi connectivity index (χ4v) is 2.94. The Hall–Kier alpha value is -1.78. The standard InChI is InChI=1S/C15H21N3O2/c1-11-13(3-2-8-20-11)15(19)17-10-12-4-6-18-7-5-16-14(18)9-12/h5,7,12H,2-4,6,8-10H2,1H3,(H,17,19)/t12-/m0/s1. The molecule has 1 N–H and O–H groups in total. The van der Waals surface area contributed by atoms with E-state index in [4.69, 9.17) is 4.74 Å². The number of carbonyl (C=O) groups is 1. The monoisotopic (exact) mass is 275 g/mol. The molecule has 0 saturated carbocycles. The first-order valence-corrected chi connectivity index (χ1v) is 7.35. The molecule has 2 aliphatic heterocycles. The zero-order chi connectivity index (χ0) is 13.9. The first kappa shape index (κ1) is 13.2. The van der Waals surface area contributed by atoms with Gasteiger partial charge >= 0.3 is 0 Å². The Morgan fingerprint density at radius 3 is 3.35 bits per heavy atom. The summed E-state index contributed by atoms with van der Waals surface area (Å²) in [4.78, 5) is 16.5. The molecular formula is C15H21N3O2. The third kappa shape index (κ3) is 2.71. The Morgan fingerprint density at radius 1 is 1.60 bits per heavy atom. The number of nitrogens with one attached hydrogen (secondary N) is 1. The number of fused-ring (bicyclic) bond motifs is 1. The van der Waals surface area contributed by atoms with E-state index in [1.807, 2.05) is 19.3 Å². The minimum absolute atomic E-state index is 0.0381. The average molecular weight is 275 g/mol. The van der Waals surface area contributed by atoms with Crippen molar-refractivity contribution in [1.29, 1.82) is 0 Å². The lowest BCUT2D eigenvalue weighted by Gasteiger charge is -2.24. The summed E-state index contributed by atoms with van der Waals surface area (Å²) >= 11 is 0. The molecule has 108 valence electrons. The van der Waals surface area contributed by atoms with Gasteiger partial charge in [0.25, 0.3) is 5.91 Å². The van der Waals surface area contributed by atoms with Crippen LogP contribution in [0.15, 0.2) is 23.7 Å². The van der Waals surface area contributed by atoms with Gasteiger partial charge in [0.2, 0.25) is 0 Å². The van der Waals surface area contributed by atoms with Crippen LogP contribution in [0, 0.1) is 5.92 Å². The van der Waals surface area contributed by atoms with Crippen molar-refractivity contribution in [3.63, 3.8) is 0 Å². The topological polar surface area (TPSA) is 56.2 Å². The molecule has 20 heavy (non-hydrogen) atoms. The molecule has 1 amide bonds. The highest BCUT2D eigenvalue weighted by molar-refractivity contribution is 5.93. The molecule has 0 spiro atoms. The van der Waals surface area contributed by atoms with Gasteiger partial charge in [-0.3, -0.25) is 4.79 Å². The van der Waals surface area contributed by atoms with Crippen molar-refractivity contribution in [2.75, 3.05) is 13.2 Å². The Labute approximate surface area is 119 Å². The summed E-state index contributed by atoms with van der Waals surface area (Å²) in [5, 5.41) is 3.06. The molecular weight excluding hydrogens is 254 g/mol. The molecule has 5 nitrogen and oxygen atoms in total. The minimum atomic E-state index is 0.0381. The van der Waals surface area contributed by atoms with Gasteiger partial charge in [0.15, 0.2) is 0 Å². The number of hydrogen-bond donors (Lipinski definition) is 1. The molecule has 0 unspecified atom stereocenters. The number of aromatic nitrogens is 2. The normalized spacial score (nSPS) is 22.1. The van der Waals surface area contributed by atoms with Crippen LogP contribution in [0.1, 0.15) is 32.0 Å². The second-order valence-corrected chi connectivity index (χ2v) is 5.59. The number of amides is 1. The number of aryl methyl sites for hydroxylation is 1. The minimum Gasteiger partial charge on any atom is -0.498 e. The van der Waals surface area contributed by atoms with E-state index in [2.05, 4.69) is 14.9 Å². The summed E-state index contributed by atoms with van der Waals surface area (Å²) in [7, 11) is 0. The molecule has 1 aromatic heterocycles. The average Bonchev–Trinajstić information content (AvgIpc) is 2.92.